The number of aliphatic hydroxyl groups excluding tert-OH is 3. The van der Waals surface area contributed by atoms with Crippen LogP contribution in [-0.4, -0.2) is 66.0 Å². The average molecular weight is 329 g/mol. The van der Waals surface area contributed by atoms with Gasteiger partial charge in [-0.15, -0.1) is 0 Å². The molecule has 0 bridgehead atoms. The molecule has 120 valence electrons. The zero-order valence-electron chi connectivity index (χ0n) is 11.5. The lowest BCUT2D eigenvalue weighted by Gasteiger charge is -2.18. The molecule has 0 aromatic carbocycles. The highest BCUT2D eigenvalue weighted by molar-refractivity contribution is 7.98. The Morgan fingerprint density at radius 3 is 2.73 bits per heavy atom. The smallest absolute Gasteiger partial charge is 0.280 e. The van der Waals surface area contributed by atoms with Crippen LogP contribution in [0.5, 0.6) is 0 Å². The van der Waals surface area contributed by atoms with E-state index < -0.39 is 36.7 Å². The van der Waals surface area contributed by atoms with Gasteiger partial charge in [-0.1, -0.05) is 11.8 Å². The lowest BCUT2D eigenvalue weighted by Crippen LogP contribution is -2.33. The molecular formula is C11H15N5O5S. The minimum atomic E-state index is -1.30. The lowest BCUT2D eigenvalue weighted by molar-refractivity contribution is -0.0548. The molecule has 2 aromatic heterocycles. The van der Waals surface area contributed by atoms with Crippen molar-refractivity contribution in [1.82, 2.24) is 19.5 Å². The zero-order chi connectivity index (χ0) is 16.0. The molecule has 3 rings (SSSR count). The Hall–Kier alpha value is -1.66. The minimum absolute atomic E-state index is 0.0521. The Bertz CT molecular complexity index is 761. The third kappa shape index (κ3) is 2.18. The molecule has 0 saturated carbocycles. The van der Waals surface area contributed by atoms with E-state index in [1.807, 2.05) is 0 Å². The first-order chi connectivity index (χ1) is 10.5. The van der Waals surface area contributed by atoms with E-state index in [1.165, 1.54) is 16.3 Å². The van der Waals surface area contributed by atoms with Crippen molar-refractivity contribution in [1.29, 1.82) is 0 Å². The number of anilines is 1. The number of rotatable bonds is 3. The quantitative estimate of drug-likeness (QED) is 0.403. The maximum absolute atomic E-state index is 11.9. The van der Waals surface area contributed by atoms with Crippen LogP contribution in [0.4, 0.5) is 5.95 Å². The molecule has 1 unspecified atom stereocenters. The molecule has 1 aliphatic heterocycles. The van der Waals surface area contributed by atoms with Crippen LogP contribution in [0.3, 0.4) is 0 Å². The summed E-state index contributed by atoms with van der Waals surface area (Å²) in [5.74, 6) is -0.0990. The van der Waals surface area contributed by atoms with Crippen LogP contribution in [0.25, 0.3) is 11.2 Å². The molecule has 1 saturated heterocycles. The predicted molar refractivity (Wildman–Crippen MR) is 77.4 cm³/mol. The van der Waals surface area contributed by atoms with E-state index in [2.05, 4.69) is 15.0 Å². The van der Waals surface area contributed by atoms with Gasteiger partial charge in [0.1, 0.15) is 18.3 Å². The second kappa shape index (κ2) is 5.52. The number of nitrogen functional groups attached to an aromatic ring is 1. The van der Waals surface area contributed by atoms with Gasteiger partial charge in [0.15, 0.2) is 22.5 Å². The number of fused-ring (bicyclic) bond motifs is 1. The molecule has 0 aliphatic carbocycles. The third-order valence-corrected chi connectivity index (χ3v) is 4.14. The number of nitrogens with zero attached hydrogens (tertiary/aromatic N) is 3. The van der Waals surface area contributed by atoms with Crippen molar-refractivity contribution in [2.24, 2.45) is 0 Å². The fourth-order valence-corrected chi connectivity index (χ4v) is 3.02. The van der Waals surface area contributed by atoms with Crippen LogP contribution in [-0.2, 0) is 4.74 Å². The van der Waals surface area contributed by atoms with Gasteiger partial charge < -0.3 is 25.8 Å². The van der Waals surface area contributed by atoms with E-state index in [1.54, 1.807) is 6.26 Å². The van der Waals surface area contributed by atoms with Crippen LogP contribution in [0.2, 0.25) is 0 Å². The van der Waals surface area contributed by atoms with Crippen LogP contribution < -0.4 is 11.3 Å². The monoisotopic (exact) mass is 329 g/mol. The Morgan fingerprint density at radius 1 is 1.41 bits per heavy atom. The van der Waals surface area contributed by atoms with E-state index in [0.717, 1.165) is 0 Å². The molecule has 0 spiro atoms. The number of aromatic amines is 1. The summed E-state index contributed by atoms with van der Waals surface area (Å²) in [5, 5.41) is 29.6. The molecule has 4 atom stereocenters. The number of nitrogens with one attached hydrogen (secondary N) is 1. The number of nitrogens with two attached hydrogens (primary N) is 1. The molecule has 1 aliphatic rings. The number of aromatic nitrogens is 4. The summed E-state index contributed by atoms with van der Waals surface area (Å²) in [6, 6.07) is 0. The summed E-state index contributed by atoms with van der Waals surface area (Å²) in [6.07, 6.45) is -2.81. The second-order valence-electron chi connectivity index (χ2n) is 4.82. The number of imidazole rings is 1. The maximum Gasteiger partial charge on any atom is 0.280 e. The van der Waals surface area contributed by atoms with E-state index in [0.29, 0.717) is 5.16 Å². The summed E-state index contributed by atoms with van der Waals surface area (Å²) in [7, 11) is 0. The Labute approximate surface area is 127 Å². The molecule has 3 heterocycles. The Kier molecular flexibility index (Phi) is 3.82. The van der Waals surface area contributed by atoms with Crippen LogP contribution in [0.15, 0.2) is 9.95 Å². The van der Waals surface area contributed by atoms with E-state index in [-0.39, 0.29) is 17.1 Å². The van der Waals surface area contributed by atoms with Gasteiger partial charge in [0.05, 0.1) is 6.61 Å². The maximum atomic E-state index is 11.9. The molecule has 1 fully saturated rings. The number of aliphatic hydroxyl groups is 3. The summed E-state index contributed by atoms with van der Waals surface area (Å²) >= 11 is 1.22. The van der Waals surface area contributed by atoms with Crippen molar-refractivity contribution in [3.63, 3.8) is 0 Å². The van der Waals surface area contributed by atoms with Crippen molar-refractivity contribution in [2.75, 3.05) is 18.6 Å². The molecular weight excluding hydrogens is 314 g/mol. The molecule has 2 aromatic rings. The van der Waals surface area contributed by atoms with Gasteiger partial charge >= 0.3 is 0 Å². The first-order valence-corrected chi connectivity index (χ1v) is 7.64. The molecule has 6 N–H and O–H groups in total. The number of ether oxygens (including phenoxy) is 1. The van der Waals surface area contributed by atoms with Gasteiger partial charge in [0.25, 0.3) is 5.56 Å². The fraction of sp³-hybridized carbons (Fsp3) is 0.545. The van der Waals surface area contributed by atoms with Crippen molar-refractivity contribution in [3.8, 4) is 0 Å². The Balaban J connectivity index is 2.20. The first-order valence-electron chi connectivity index (χ1n) is 6.42. The van der Waals surface area contributed by atoms with Gasteiger partial charge in [-0.05, 0) is 6.26 Å². The molecule has 22 heavy (non-hydrogen) atoms. The van der Waals surface area contributed by atoms with Crippen LogP contribution in [0, 0.1) is 0 Å². The summed E-state index contributed by atoms with van der Waals surface area (Å²) in [6.45, 7) is -0.452. The van der Waals surface area contributed by atoms with Crippen molar-refractivity contribution < 1.29 is 20.1 Å². The van der Waals surface area contributed by atoms with Crippen molar-refractivity contribution in [2.45, 2.75) is 29.7 Å². The highest BCUT2D eigenvalue weighted by Gasteiger charge is 2.45. The number of hydrogen-bond acceptors (Lipinski definition) is 9. The summed E-state index contributed by atoms with van der Waals surface area (Å²) in [4.78, 5) is 22.4. The number of hydrogen-bond donors (Lipinski definition) is 5. The van der Waals surface area contributed by atoms with E-state index >= 15 is 0 Å². The second-order valence-corrected chi connectivity index (χ2v) is 5.59. The molecule has 11 heteroatoms. The number of thioether (sulfide) groups is 1. The van der Waals surface area contributed by atoms with Gasteiger partial charge in [0, 0.05) is 0 Å². The molecule has 10 nitrogen and oxygen atoms in total. The minimum Gasteiger partial charge on any atom is -0.394 e. The SMILES string of the molecule is CSc1nc2c(=O)[nH]c(N)nc2n1[C@@H]1O[C@H](CO)[C@H](O)C1O. The predicted octanol–water partition coefficient (Wildman–Crippen LogP) is -1.96. The highest BCUT2D eigenvalue weighted by Crippen LogP contribution is 2.34. The molecule has 0 amide bonds. The van der Waals surface area contributed by atoms with Crippen molar-refractivity contribution in [3.05, 3.63) is 10.4 Å². The van der Waals surface area contributed by atoms with Crippen LogP contribution >= 0.6 is 11.8 Å². The topological polar surface area (TPSA) is 160 Å². The van der Waals surface area contributed by atoms with Gasteiger partial charge in [-0.25, -0.2) is 4.98 Å². The zero-order valence-corrected chi connectivity index (χ0v) is 12.3. The summed E-state index contributed by atoms with van der Waals surface area (Å²) < 4.78 is 6.87. The normalized spacial score (nSPS) is 28.5. The highest BCUT2D eigenvalue weighted by atomic mass is 32.2. The first kappa shape index (κ1) is 15.2. The van der Waals surface area contributed by atoms with Crippen LogP contribution in [0.1, 0.15) is 6.23 Å². The third-order valence-electron chi connectivity index (χ3n) is 3.49. The fourth-order valence-electron chi connectivity index (χ4n) is 2.45. The van der Waals surface area contributed by atoms with E-state index in [4.69, 9.17) is 10.5 Å². The molecule has 0 radical (unpaired) electrons. The average Bonchev–Trinajstić information content (AvgIpc) is 2.98. The largest absolute Gasteiger partial charge is 0.394 e. The standard InChI is InChI=1S/C11H15N5O5S/c1-22-11-13-4-7(14-10(12)15-8(4)20)16(11)9-6(19)5(18)3(2-17)21-9/h3,5-6,9,17-19H,2H2,1H3,(H3,12,14,15,20)/t3-,5+,6?,9-/m1/s1. The van der Waals surface area contributed by atoms with Gasteiger partial charge in [0.2, 0.25) is 5.95 Å². The van der Waals surface area contributed by atoms with Gasteiger partial charge in [-0.3, -0.25) is 14.3 Å². The van der Waals surface area contributed by atoms with E-state index in [9.17, 15) is 20.1 Å². The Morgan fingerprint density at radius 2 is 2.14 bits per heavy atom. The summed E-state index contributed by atoms with van der Waals surface area (Å²) in [5.41, 5.74) is 5.23. The lowest BCUT2D eigenvalue weighted by atomic mass is 10.1. The van der Waals surface area contributed by atoms with Gasteiger partial charge in [-0.2, -0.15) is 4.98 Å². The number of H-pyrrole nitrogens is 1. The van der Waals surface area contributed by atoms with Crippen molar-refractivity contribution >= 4 is 28.9 Å².